The van der Waals surface area contributed by atoms with E-state index in [1.165, 1.54) is 5.56 Å². The van der Waals surface area contributed by atoms with Gasteiger partial charge >= 0.3 is 0 Å². The summed E-state index contributed by atoms with van der Waals surface area (Å²) < 4.78 is 6.33. The maximum Gasteiger partial charge on any atom is 0.246 e. The Balaban J connectivity index is 1.57. The summed E-state index contributed by atoms with van der Waals surface area (Å²) in [5.74, 6) is 1.05. The van der Waals surface area contributed by atoms with Crippen LogP contribution >= 0.6 is 28.1 Å². The number of nitrogens with one attached hydrogen (secondary N) is 2. The molecule has 0 saturated carbocycles. The van der Waals surface area contributed by atoms with Crippen molar-refractivity contribution in [2.24, 2.45) is 0 Å². The maximum absolute atomic E-state index is 5.30. The molecule has 0 saturated heterocycles. The van der Waals surface area contributed by atoms with E-state index in [4.69, 9.17) is 16.7 Å². The van der Waals surface area contributed by atoms with E-state index >= 15 is 0 Å². The Morgan fingerprint density at radius 1 is 1.16 bits per heavy atom. The van der Waals surface area contributed by atoms with Gasteiger partial charge < -0.3 is 15.2 Å². The van der Waals surface area contributed by atoms with Gasteiger partial charge in [-0.2, -0.15) is 4.98 Å². The van der Waals surface area contributed by atoms with Gasteiger partial charge in [-0.15, -0.1) is 0 Å². The minimum Gasteiger partial charge on any atom is -0.353 e. The van der Waals surface area contributed by atoms with Crippen molar-refractivity contribution >= 4 is 38.9 Å². The minimum atomic E-state index is 0.361. The fourth-order valence-electron chi connectivity index (χ4n) is 2.20. The monoisotopic (exact) mass is 416 g/mol. The van der Waals surface area contributed by atoms with Crippen molar-refractivity contribution in [2.75, 3.05) is 5.32 Å². The van der Waals surface area contributed by atoms with Crippen LogP contribution in [0.3, 0.4) is 0 Å². The molecule has 3 rings (SSSR count). The van der Waals surface area contributed by atoms with Crippen molar-refractivity contribution in [1.82, 2.24) is 15.5 Å². The van der Waals surface area contributed by atoms with E-state index in [1.54, 1.807) is 0 Å². The van der Waals surface area contributed by atoms with E-state index in [9.17, 15) is 0 Å². The smallest absolute Gasteiger partial charge is 0.246 e. The Bertz CT molecular complexity index is 892. The molecule has 0 bridgehead atoms. The second-order valence-electron chi connectivity index (χ2n) is 5.65. The van der Waals surface area contributed by atoms with Crippen LogP contribution in [0, 0.1) is 13.8 Å². The van der Waals surface area contributed by atoms with Crippen LogP contribution in [0.4, 0.5) is 5.69 Å². The number of anilines is 1. The lowest BCUT2D eigenvalue weighted by atomic mass is 10.1. The Kier molecular flexibility index (Phi) is 5.45. The van der Waals surface area contributed by atoms with E-state index in [1.807, 2.05) is 56.3 Å². The summed E-state index contributed by atoms with van der Waals surface area (Å²) in [7, 11) is 0. The van der Waals surface area contributed by atoms with Gasteiger partial charge in [-0.05, 0) is 49.8 Å². The molecule has 1 aromatic heterocycles. The molecule has 0 aliphatic rings. The molecule has 25 heavy (non-hydrogen) atoms. The third-order valence-electron chi connectivity index (χ3n) is 3.59. The molecule has 2 N–H and O–H groups in total. The largest absolute Gasteiger partial charge is 0.353 e. The summed E-state index contributed by atoms with van der Waals surface area (Å²) >= 11 is 8.78. The van der Waals surface area contributed by atoms with Gasteiger partial charge in [0.05, 0.1) is 6.54 Å². The molecule has 3 aromatic rings. The first-order valence-corrected chi connectivity index (χ1v) is 8.92. The highest BCUT2D eigenvalue weighted by Gasteiger charge is 2.09. The van der Waals surface area contributed by atoms with Gasteiger partial charge in [0.1, 0.15) is 0 Å². The number of aryl methyl sites for hydroxylation is 2. The van der Waals surface area contributed by atoms with Crippen LogP contribution in [0.1, 0.15) is 17.0 Å². The Labute approximate surface area is 160 Å². The molecular weight excluding hydrogens is 400 g/mol. The lowest BCUT2D eigenvalue weighted by Gasteiger charge is -2.10. The van der Waals surface area contributed by atoms with Crippen LogP contribution in [0.2, 0.25) is 0 Å². The number of nitrogens with zero attached hydrogens (tertiary/aromatic N) is 2. The third-order valence-corrected chi connectivity index (χ3v) is 4.73. The summed E-state index contributed by atoms with van der Waals surface area (Å²) in [6.07, 6.45) is 0. The van der Waals surface area contributed by atoms with Gasteiger partial charge in [-0.1, -0.05) is 50.9 Å². The van der Waals surface area contributed by atoms with Crippen molar-refractivity contribution in [3.63, 3.8) is 0 Å². The second kappa shape index (κ2) is 7.76. The van der Waals surface area contributed by atoms with E-state index in [0.29, 0.717) is 23.4 Å². The third kappa shape index (κ3) is 4.64. The second-order valence-corrected chi connectivity index (χ2v) is 6.91. The Morgan fingerprint density at radius 3 is 2.64 bits per heavy atom. The van der Waals surface area contributed by atoms with Gasteiger partial charge in [0, 0.05) is 15.7 Å². The summed E-state index contributed by atoms with van der Waals surface area (Å²) in [4.78, 5) is 4.38. The number of hydrogen-bond donors (Lipinski definition) is 2. The van der Waals surface area contributed by atoms with Crippen molar-refractivity contribution in [2.45, 2.75) is 20.4 Å². The van der Waals surface area contributed by atoms with E-state index in [2.05, 4.69) is 36.7 Å². The summed E-state index contributed by atoms with van der Waals surface area (Å²) in [5.41, 5.74) is 4.16. The average Bonchev–Trinajstić information content (AvgIpc) is 3.06. The number of aromatic nitrogens is 2. The summed E-state index contributed by atoms with van der Waals surface area (Å²) in [6.45, 7) is 4.42. The molecule has 0 amide bonds. The number of hydrogen-bond acceptors (Lipinski definition) is 4. The Morgan fingerprint density at radius 2 is 1.92 bits per heavy atom. The van der Waals surface area contributed by atoms with E-state index in [-0.39, 0.29) is 0 Å². The number of halogens is 1. The molecule has 2 aromatic carbocycles. The van der Waals surface area contributed by atoms with Gasteiger partial charge in [0.2, 0.25) is 11.7 Å². The normalized spacial score (nSPS) is 10.5. The molecule has 0 fully saturated rings. The van der Waals surface area contributed by atoms with E-state index < -0.39 is 0 Å². The molecule has 128 valence electrons. The molecule has 0 unspecified atom stereocenters. The molecular formula is C18H17BrN4OS. The van der Waals surface area contributed by atoms with Crippen molar-refractivity contribution in [1.29, 1.82) is 0 Å². The van der Waals surface area contributed by atoms with Crippen LogP contribution in [-0.4, -0.2) is 15.3 Å². The molecule has 0 aliphatic heterocycles. The molecule has 0 atom stereocenters. The highest BCUT2D eigenvalue weighted by Crippen LogP contribution is 2.20. The predicted octanol–water partition coefficient (Wildman–Crippen LogP) is 4.60. The standard InChI is InChI=1S/C18H17BrN4OS/c1-11-3-5-13(6-4-11)17-22-16(24-23-17)10-20-18(25)21-14-7-8-15(19)12(2)9-14/h3-9H,10H2,1-2H3,(H2,20,21,25). The zero-order valence-corrected chi connectivity index (χ0v) is 16.2. The minimum absolute atomic E-state index is 0.361. The van der Waals surface area contributed by atoms with Gasteiger partial charge in [-0.25, -0.2) is 0 Å². The van der Waals surface area contributed by atoms with E-state index in [0.717, 1.165) is 21.3 Å². The fraction of sp³-hybridized carbons (Fsp3) is 0.167. The summed E-state index contributed by atoms with van der Waals surface area (Å²) in [5, 5.41) is 10.7. The summed E-state index contributed by atoms with van der Waals surface area (Å²) in [6, 6.07) is 13.9. The highest BCUT2D eigenvalue weighted by molar-refractivity contribution is 9.10. The van der Waals surface area contributed by atoms with Gasteiger partial charge in [0.15, 0.2) is 5.11 Å². The topological polar surface area (TPSA) is 63.0 Å². The molecule has 5 nitrogen and oxygen atoms in total. The van der Waals surface area contributed by atoms with Crippen LogP contribution < -0.4 is 10.6 Å². The number of rotatable bonds is 4. The molecule has 7 heteroatoms. The molecule has 0 radical (unpaired) electrons. The zero-order valence-electron chi connectivity index (χ0n) is 13.8. The first kappa shape index (κ1) is 17.6. The van der Waals surface area contributed by atoms with Crippen LogP contribution in [0.15, 0.2) is 51.5 Å². The molecule has 1 heterocycles. The van der Waals surface area contributed by atoms with Crippen LogP contribution in [0.25, 0.3) is 11.4 Å². The first-order chi connectivity index (χ1) is 12.0. The average molecular weight is 417 g/mol. The highest BCUT2D eigenvalue weighted by atomic mass is 79.9. The fourth-order valence-corrected chi connectivity index (χ4v) is 2.64. The lowest BCUT2D eigenvalue weighted by molar-refractivity contribution is 0.376. The Hall–Kier alpha value is -2.25. The van der Waals surface area contributed by atoms with Crippen molar-refractivity contribution in [3.05, 3.63) is 64.0 Å². The lowest BCUT2D eigenvalue weighted by Crippen LogP contribution is -2.28. The van der Waals surface area contributed by atoms with Gasteiger partial charge in [-0.3, -0.25) is 0 Å². The number of thiocarbonyl (C=S) groups is 1. The number of benzene rings is 2. The van der Waals surface area contributed by atoms with Crippen molar-refractivity contribution < 1.29 is 4.52 Å². The maximum atomic E-state index is 5.30. The SMILES string of the molecule is Cc1ccc(-c2noc(CNC(=S)Nc3ccc(Br)c(C)c3)n2)cc1. The molecule has 0 spiro atoms. The first-order valence-electron chi connectivity index (χ1n) is 7.72. The zero-order chi connectivity index (χ0) is 17.8. The van der Waals surface area contributed by atoms with Crippen molar-refractivity contribution in [3.8, 4) is 11.4 Å². The quantitative estimate of drug-likeness (QED) is 0.605. The van der Waals surface area contributed by atoms with Crippen LogP contribution in [-0.2, 0) is 6.54 Å². The predicted molar refractivity (Wildman–Crippen MR) is 106 cm³/mol. The molecule has 0 aliphatic carbocycles. The van der Waals surface area contributed by atoms with Gasteiger partial charge in [0.25, 0.3) is 0 Å². The van der Waals surface area contributed by atoms with Crippen LogP contribution in [0.5, 0.6) is 0 Å².